The van der Waals surface area contributed by atoms with Gasteiger partial charge in [0.15, 0.2) is 11.5 Å². The third-order valence-electron chi connectivity index (χ3n) is 3.27. The minimum absolute atomic E-state index is 0.247. The summed E-state index contributed by atoms with van der Waals surface area (Å²) >= 11 is 0. The maximum Gasteiger partial charge on any atom is 0.335 e. The first-order chi connectivity index (χ1) is 10.3. The fourth-order valence-electron chi connectivity index (χ4n) is 2.23. The number of carbonyl (C=O) groups is 2. The Morgan fingerprint density at radius 2 is 1.86 bits per heavy atom. The largest absolute Gasteiger partial charge is 0.504 e. The number of phenolic OH excluding ortho intramolecular Hbond substituents is 2. The molecule has 0 saturated carbocycles. The number of rotatable bonds is 4. The van der Waals surface area contributed by atoms with E-state index in [4.69, 9.17) is 14.9 Å². The fourth-order valence-corrected chi connectivity index (χ4v) is 2.23. The number of aliphatic carboxylic acids is 2. The summed E-state index contributed by atoms with van der Waals surface area (Å²) in [6.07, 6.45) is -3.18. The van der Waals surface area contributed by atoms with Crippen LogP contribution in [0.1, 0.15) is 24.5 Å². The Morgan fingerprint density at radius 1 is 1.18 bits per heavy atom. The average Bonchev–Trinajstić information content (AvgIpc) is 2.42. The van der Waals surface area contributed by atoms with Crippen LogP contribution in [0.15, 0.2) is 29.5 Å². The molecule has 22 heavy (non-hydrogen) atoms. The molecule has 1 aromatic carbocycles. The number of hydrogen-bond donors (Lipinski definition) is 5. The van der Waals surface area contributed by atoms with Crippen molar-refractivity contribution < 1.29 is 39.9 Å². The Balaban J connectivity index is 2.37. The Labute approximate surface area is 124 Å². The Hall–Kier alpha value is -2.74. The van der Waals surface area contributed by atoms with Crippen LogP contribution in [0.4, 0.5) is 0 Å². The molecule has 2 rings (SSSR count). The van der Waals surface area contributed by atoms with Crippen molar-refractivity contribution in [2.45, 2.75) is 25.0 Å². The Bertz CT molecular complexity index is 648. The quantitative estimate of drug-likeness (QED) is 0.512. The van der Waals surface area contributed by atoms with Crippen molar-refractivity contribution in [3.63, 3.8) is 0 Å². The highest BCUT2D eigenvalue weighted by Crippen LogP contribution is 2.38. The topological polar surface area (TPSA) is 145 Å². The van der Waals surface area contributed by atoms with Gasteiger partial charge in [-0.3, -0.25) is 4.79 Å². The van der Waals surface area contributed by atoms with Gasteiger partial charge in [-0.05, 0) is 17.7 Å². The second-order valence-electron chi connectivity index (χ2n) is 4.84. The van der Waals surface area contributed by atoms with Crippen LogP contribution in [0.2, 0.25) is 0 Å². The Kier molecular flexibility index (Phi) is 4.22. The summed E-state index contributed by atoms with van der Waals surface area (Å²) in [4.78, 5) is 21.9. The van der Waals surface area contributed by atoms with Crippen LogP contribution in [0.25, 0.3) is 0 Å². The second-order valence-corrected chi connectivity index (χ2v) is 4.84. The Morgan fingerprint density at radius 3 is 2.41 bits per heavy atom. The molecule has 8 nitrogen and oxygen atoms in total. The number of aliphatic hydroxyl groups excluding tert-OH is 1. The molecule has 0 aromatic heterocycles. The van der Waals surface area contributed by atoms with Gasteiger partial charge in [0.25, 0.3) is 0 Å². The lowest BCUT2D eigenvalue weighted by molar-refractivity contribution is -0.138. The average molecular weight is 310 g/mol. The first kappa shape index (κ1) is 15.6. The molecular weight excluding hydrogens is 296 g/mol. The molecule has 0 bridgehead atoms. The van der Waals surface area contributed by atoms with Crippen LogP contribution in [-0.2, 0) is 14.3 Å². The van der Waals surface area contributed by atoms with E-state index in [0.29, 0.717) is 0 Å². The molecular formula is C14H14O8. The highest BCUT2D eigenvalue weighted by atomic mass is 16.5. The van der Waals surface area contributed by atoms with Gasteiger partial charge in [-0.2, -0.15) is 0 Å². The standard InChI is InChI=1S/C14H14O8/c15-8-2-1-6(3-9(8)16)13-10(17)4-7(14(20)21)11(22-13)5-12(18)19/h1-3,10,13,15-17H,4-5H2,(H,18,19)(H,20,21)/t10-,13-/m1/s1. The zero-order valence-electron chi connectivity index (χ0n) is 11.3. The predicted molar refractivity (Wildman–Crippen MR) is 71.1 cm³/mol. The molecule has 1 aromatic rings. The SMILES string of the molecule is O=C(O)CC1=C(C(=O)O)C[C@@H](O)[C@@H](c2ccc(O)c(O)c2)O1. The van der Waals surface area contributed by atoms with Crippen LogP contribution in [0.3, 0.4) is 0 Å². The van der Waals surface area contributed by atoms with Gasteiger partial charge in [-0.15, -0.1) is 0 Å². The molecule has 1 heterocycles. The summed E-state index contributed by atoms with van der Waals surface area (Å²) in [5.41, 5.74) is -0.00993. The zero-order chi connectivity index (χ0) is 16.4. The van der Waals surface area contributed by atoms with E-state index >= 15 is 0 Å². The molecule has 0 aliphatic carbocycles. The third kappa shape index (κ3) is 3.12. The number of ether oxygens (including phenoxy) is 1. The fraction of sp³-hybridized carbons (Fsp3) is 0.286. The highest BCUT2D eigenvalue weighted by Gasteiger charge is 2.35. The van der Waals surface area contributed by atoms with E-state index in [1.807, 2.05) is 0 Å². The van der Waals surface area contributed by atoms with E-state index in [2.05, 4.69) is 0 Å². The van der Waals surface area contributed by atoms with E-state index in [1.165, 1.54) is 12.1 Å². The van der Waals surface area contributed by atoms with Gasteiger partial charge in [0.05, 0.1) is 11.7 Å². The number of benzene rings is 1. The van der Waals surface area contributed by atoms with Crippen molar-refractivity contribution in [3.05, 3.63) is 35.1 Å². The molecule has 2 atom stereocenters. The van der Waals surface area contributed by atoms with Crippen molar-refractivity contribution >= 4 is 11.9 Å². The van der Waals surface area contributed by atoms with E-state index in [9.17, 15) is 24.9 Å². The van der Waals surface area contributed by atoms with Crippen LogP contribution < -0.4 is 0 Å². The third-order valence-corrected chi connectivity index (χ3v) is 3.27. The molecule has 0 saturated heterocycles. The van der Waals surface area contributed by atoms with Crippen LogP contribution in [0.5, 0.6) is 11.5 Å². The zero-order valence-corrected chi connectivity index (χ0v) is 11.3. The minimum Gasteiger partial charge on any atom is -0.504 e. The maximum atomic E-state index is 11.1. The molecule has 1 aliphatic heterocycles. The summed E-state index contributed by atoms with van der Waals surface area (Å²) in [5.74, 6) is -3.66. The smallest absolute Gasteiger partial charge is 0.335 e. The maximum absolute atomic E-state index is 11.1. The van der Waals surface area contributed by atoms with Crippen molar-refractivity contribution in [1.82, 2.24) is 0 Å². The molecule has 0 fully saturated rings. The lowest BCUT2D eigenvalue weighted by atomic mass is 9.93. The molecule has 0 spiro atoms. The van der Waals surface area contributed by atoms with Gasteiger partial charge in [0.2, 0.25) is 0 Å². The summed E-state index contributed by atoms with van der Waals surface area (Å²) in [5, 5.41) is 46.7. The normalized spacial score (nSPS) is 21.3. The number of phenols is 2. The first-order valence-electron chi connectivity index (χ1n) is 6.33. The second kappa shape index (κ2) is 5.94. The van der Waals surface area contributed by atoms with Crippen LogP contribution >= 0.6 is 0 Å². The van der Waals surface area contributed by atoms with Crippen LogP contribution in [-0.4, -0.2) is 43.6 Å². The number of aromatic hydroxyl groups is 2. The summed E-state index contributed by atoms with van der Waals surface area (Å²) in [7, 11) is 0. The molecule has 8 heteroatoms. The molecule has 5 N–H and O–H groups in total. The van der Waals surface area contributed by atoms with Gasteiger partial charge in [0, 0.05) is 6.42 Å². The number of aliphatic hydroxyl groups is 1. The van der Waals surface area contributed by atoms with Gasteiger partial charge in [0.1, 0.15) is 18.3 Å². The number of carboxylic acid groups (broad SMARTS) is 2. The molecule has 0 radical (unpaired) electrons. The minimum atomic E-state index is -1.36. The van der Waals surface area contributed by atoms with E-state index in [-0.39, 0.29) is 29.1 Å². The summed E-state index contributed by atoms with van der Waals surface area (Å²) in [6, 6.07) is 3.73. The van der Waals surface area contributed by atoms with E-state index in [1.54, 1.807) is 0 Å². The lowest BCUT2D eigenvalue weighted by Crippen LogP contribution is -2.30. The molecule has 0 amide bonds. The van der Waals surface area contributed by atoms with Crippen molar-refractivity contribution in [2.24, 2.45) is 0 Å². The molecule has 118 valence electrons. The monoisotopic (exact) mass is 310 g/mol. The first-order valence-corrected chi connectivity index (χ1v) is 6.33. The van der Waals surface area contributed by atoms with Crippen molar-refractivity contribution in [1.29, 1.82) is 0 Å². The van der Waals surface area contributed by atoms with Gasteiger partial charge >= 0.3 is 11.9 Å². The number of hydrogen-bond acceptors (Lipinski definition) is 6. The predicted octanol–water partition coefficient (Wildman–Crippen LogP) is 0.734. The van der Waals surface area contributed by atoms with Gasteiger partial charge in [-0.25, -0.2) is 4.79 Å². The number of carboxylic acids is 2. The van der Waals surface area contributed by atoms with Gasteiger partial charge < -0.3 is 30.3 Å². The van der Waals surface area contributed by atoms with E-state index in [0.717, 1.165) is 6.07 Å². The van der Waals surface area contributed by atoms with Crippen molar-refractivity contribution in [3.8, 4) is 11.5 Å². The van der Waals surface area contributed by atoms with Crippen molar-refractivity contribution in [2.75, 3.05) is 0 Å². The highest BCUT2D eigenvalue weighted by molar-refractivity contribution is 5.88. The van der Waals surface area contributed by atoms with E-state index < -0.39 is 36.3 Å². The lowest BCUT2D eigenvalue weighted by Gasteiger charge is -2.31. The molecule has 1 aliphatic rings. The van der Waals surface area contributed by atoms with Crippen LogP contribution in [0, 0.1) is 0 Å². The molecule has 0 unspecified atom stereocenters. The summed E-state index contributed by atoms with van der Waals surface area (Å²) < 4.78 is 5.34. The van der Waals surface area contributed by atoms with Gasteiger partial charge in [-0.1, -0.05) is 6.07 Å². The summed E-state index contributed by atoms with van der Waals surface area (Å²) in [6.45, 7) is 0.